The fraction of sp³-hybridized carbons (Fsp3) is 0.550. The van der Waals surface area contributed by atoms with Crippen molar-refractivity contribution < 1.29 is 21.8 Å². The lowest BCUT2D eigenvalue weighted by molar-refractivity contribution is -0.152. The van der Waals surface area contributed by atoms with Gasteiger partial charge >= 0.3 is 6.18 Å². The molecule has 166 valence electrons. The summed E-state index contributed by atoms with van der Waals surface area (Å²) in [5.74, 6) is -2.66. The van der Waals surface area contributed by atoms with Crippen molar-refractivity contribution in [1.82, 2.24) is 4.57 Å². The number of hydrogen-bond acceptors (Lipinski definition) is 2. The summed E-state index contributed by atoms with van der Waals surface area (Å²) in [6, 6.07) is 4.60. The van der Waals surface area contributed by atoms with Crippen molar-refractivity contribution in [2.24, 2.45) is 10.6 Å². The molecule has 0 aliphatic rings. The molecule has 30 heavy (non-hydrogen) atoms. The smallest absolute Gasteiger partial charge is 0.347 e. The zero-order valence-corrected chi connectivity index (χ0v) is 19.5. The van der Waals surface area contributed by atoms with Crippen LogP contribution < -0.4 is 5.14 Å². The van der Waals surface area contributed by atoms with Crippen LogP contribution in [0.5, 0.6) is 0 Å². The lowest BCUT2D eigenvalue weighted by Gasteiger charge is -2.29. The molecule has 1 heterocycles. The molecule has 1 unspecified atom stereocenters. The maximum Gasteiger partial charge on any atom is 0.395 e. The van der Waals surface area contributed by atoms with Crippen LogP contribution in [0.2, 0.25) is 0 Å². The van der Waals surface area contributed by atoms with Crippen LogP contribution in [0, 0.1) is 22.6 Å². The minimum absolute atomic E-state index is 0.102. The van der Waals surface area contributed by atoms with Gasteiger partial charge in [-0.15, -0.1) is 0 Å². The first-order chi connectivity index (χ1) is 13.6. The largest absolute Gasteiger partial charge is 0.395 e. The molecule has 4 nitrogen and oxygen atoms in total. The van der Waals surface area contributed by atoms with Gasteiger partial charge < -0.3 is 4.57 Å². The first-order valence-electron chi connectivity index (χ1n) is 9.17. The molecule has 0 saturated carbocycles. The molecule has 2 aromatic rings. The van der Waals surface area contributed by atoms with Gasteiger partial charge in [0.05, 0.1) is 32.2 Å². The topological polar surface area (TPSA) is 71.8 Å². The zero-order valence-electron chi connectivity index (χ0n) is 17.1. The molecule has 0 amide bonds. The van der Waals surface area contributed by atoms with Crippen LogP contribution in [0.1, 0.15) is 52.0 Å². The molecule has 2 atom stereocenters. The lowest BCUT2D eigenvalue weighted by Crippen LogP contribution is -2.37. The molecule has 1 aromatic heterocycles. The van der Waals surface area contributed by atoms with E-state index in [1.165, 1.54) is 26.1 Å². The fourth-order valence-electron chi connectivity index (χ4n) is 3.43. The Labute approximate surface area is 184 Å². The molecule has 0 spiro atoms. The molecular formula is C20H24BrF4N3OS. The van der Waals surface area contributed by atoms with E-state index in [4.69, 9.17) is 10.4 Å². The van der Waals surface area contributed by atoms with Crippen LogP contribution >= 0.6 is 15.9 Å². The summed E-state index contributed by atoms with van der Waals surface area (Å²) >= 11 is 3.09. The number of alkyl halides is 3. The summed E-state index contributed by atoms with van der Waals surface area (Å²) in [5, 5.41) is 14.6. The van der Waals surface area contributed by atoms with E-state index in [0.717, 1.165) is 6.07 Å². The van der Waals surface area contributed by atoms with Crippen LogP contribution in [-0.2, 0) is 17.5 Å². The van der Waals surface area contributed by atoms with Crippen molar-refractivity contribution in [2.75, 3.05) is 0 Å². The second-order valence-corrected chi connectivity index (χ2v) is 11.4. The molecule has 0 radical (unpaired) electrons. The van der Waals surface area contributed by atoms with Gasteiger partial charge in [0, 0.05) is 30.1 Å². The van der Waals surface area contributed by atoms with E-state index in [1.807, 2.05) is 13.8 Å². The maximum atomic E-state index is 14.3. The summed E-state index contributed by atoms with van der Waals surface area (Å²) in [7, 11) is -1.98. The normalized spacial score (nSPS) is 15.2. The first-order valence-corrected chi connectivity index (χ1v) is 11.2. The number of benzene rings is 1. The SMILES string of the molecule is CC(C)(CC#N)Cn1cc([C@H](CC(C)(C)S(N)=O)C(F)(F)F)c2cc(F)c(Br)cc21. The molecular weight excluding hydrogens is 486 g/mol. The van der Waals surface area contributed by atoms with Gasteiger partial charge in [-0.3, -0.25) is 5.14 Å². The Bertz CT molecular complexity index is 1010. The number of halogens is 5. The van der Waals surface area contributed by atoms with Crippen molar-refractivity contribution in [3.63, 3.8) is 0 Å². The summed E-state index contributed by atoms with van der Waals surface area (Å²) < 4.78 is 68.8. The average Bonchev–Trinajstić information content (AvgIpc) is 2.88. The molecule has 2 N–H and O–H groups in total. The van der Waals surface area contributed by atoms with Gasteiger partial charge in [0.1, 0.15) is 5.82 Å². The van der Waals surface area contributed by atoms with Crippen LogP contribution in [0.3, 0.4) is 0 Å². The van der Waals surface area contributed by atoms with E-state index in [0.29, 0.717) is 5.52 Å². The molecule has 0 bridgehead atoms. The zero-order chi connectivity index (χ0) is 23.1. The molecule has 10 heteroatoms. The predicted molar refractivity (Wildman–Crippen MR) is 113 cm³/mol. The second-order valence-electron chi connectivity index (χ2n) is 8.85. The van der Waals surface area contributed by atoms with Crippen LogP contribution in [-0.4, -0.2) is 19.7 Å². The molecule has 0 aliphatic carbocycles. The Balaban J connectivity index is 2.73. The number of nitrogens with two attached hydrogens (primary N) is 1. The average molecular weight is 510 g/mol. The highest BCUT2D eigenvalue weighted by Gasteiger charge is 2.46. The summed E-state index contributed by atoms with van der Waals surface area (Å²) in [6.45, 7) is 6.76. The Morgan fingerprint density at radius 2 is 1.87 bits per heavy atom. The van der Waals surface area contributed by atoms with Crippen molar-refractivity contribution in [3.8, 4) is 6.07 Å². The fourth-order valence-corrected chi connectivity index (χ4v) is 4.09. The number of nitriles is 1. The standard InChI is InChI=1S/C20H24BrF4N3OS/c1-18(2,5-6-26)11-28-10-13(12-7-16(22)15(21)8-17(12)28)14(20(23,24)25)9-19(3,4)30(27)29/h7-8,10,14H,5,9,11,27H2,1-4H3/t14-,30?/m0/s1. The summed E-state index contributed by atoms with van der Waals surface area (Å²) in [4.78, 5) is 0. The Kier molecular flexibility index (Phi) is 7.11. The van der Waals surface area contributed by atoms with Gasteiger partial charge in [0.2, 0.25) is 0 Å². The van der Waals surface area contributed by atoms with Crippen LogP contribution in [0.25, 0.3) is 10.9 Å². The van der Waals surface area contributed by atoms with Crippen molar-refractivity contribution in [2.45, 2.75) is 63.9 Å². The number of hydrogen-bond donors (Lipinski definition) is 1. The monoisotopic (exact) mass is 509 g/mol. The summed E-state index contributed by atoms with van der Waals surface area (Å²) in [5.41, 5.74) is -0.190. The Morgan fingerprint density at radius 3 is 2.37 bits per heavy atom. The summed E-state index contributed by atoms with van der Waals surface area (Å²) in [6.07, 6.45) is -3.60. The van der Waals surface area contributed by atoms with Gasteiger partial charge in [-0.2, -0.15) is 18.4 Å². The Morgan fingerprint density at radius 1 is 1.27 bits per heavy atom. The van der Waals surface area contributed by atoms with Gasteiger partial charge in [-0.05, 0) is 59.3 Å². The minimum atomic E-state index is -4.65. The van der Waals surface area contributed by atoms with E-state index >= 15 is 0 Å². The van der Waals surface area contributed by atoms with E-state index < -0.39 is 45.5 Å². The van der Waals surface area contributed by atoms with Crippen molar-refractivity contribution >= 4 is 37.8 Å². The Hall–Kier alpha value is -1.44. The van der Waals surface area contributed by atoms with Crippen LogP contribution in [0.15, 0.2) is 22.8 Å². The number of rotatable bonds is 7. The van der Waals surface area contributed by atoms with E-state index in [1.54, 1.807) is 4.57 Å². The minimum Gasteiger partial charge on any atom is -0.347 e. The molecule has 0 aliphatic heterocycles. The quantitative estimate of drug-likeness (QED) is 0.470. The number of fused-ring (bicyclic) bond motifs is 1. The molecule has 0 fully saturated rings. The number of aromatic nitrogens is 1. The van der Waals surface area contributed by atoms with Crippen molar-refractivity contribution in [3.05, 3.63) is 34.2 Å². The van der Waals surface area contributed by atoms with Gasteiger partial charge in [0.25, 0.3) is 0 Å². The second kappa shape index (κ2) is 8.60. The maximum absolute atomic E-state index is 14.3. The number of nitrogens with zero attached hydrogens (tertiary/aromatic N) is 2. The van der Waals surface area contributed by atoms with Crippen LogP contribution in [0.4, 0.5) is 17.6 Å². The third kappa shape index (κ3) is 5.42. The van der Waals surface area contributed by atoms with E-state index in [-0.39, 0.29) is 28.4 Å². The molecule has 2 rings (SSSR count). The first kappa shape index (κ1) is 24.8. The third-order valence-electron chi connectivity index (χ3n) is 5.12. The predicted octanol–water partition coefficient (Wildman–Crippen LogP) is 5.92. The van der Waals surface area contributed by atoms with Crippen molar-refractivity contribution in [1.29, 1.82) is 5.26 Å². The highest BCUT2D eigenvalue weighted by atomic mass is 79.9. The molecule has 1 aromatic carbocycles. The molecule has 0 saturated heterocycles. The highest BCUT2D eigenvalue weighted by molar-refractivity contribution is 9.10. The van der Waals surface area contributed by atoms with Gasteiger partial charge in [0.15, 0.2) is 0 Å². The van der Waals surface area contributed by atoms with Gasteiger partial charge in [-0.25, -0.2) is 8.60 Å². The third-order valence-corrected chi connectivity index (χ3v) is 6.98. The van der Waals surface area contributed by atoms with E-state index in [9.17, 15) is 21.8 Å². The van der Waals surface area contributed by atoms with Gasteiger partial charge in [-0.1, -0.05) is 13.8 Å². The lowest BCUT2D eigenvalue weighted by atomic mass is 9.89. The van der Waals surface area contributed by atoms with E-state index in [2.05, 4.69) is 22.0 Å². The highest BCUT2D eigenvalue weighted by Crippen LogP contribution is 2.45.